The average Bonchev–Trinajstić information content (AvgIpc) is 2.41. The number of amides is 1. The quantitative estimate of drug-likeness (QED) is 0.721. The van der Waals surface area contributed by atoms with Crippen LogP contribution in [0.25, 0.3) is 0 Å². The number of carbonyl (C=O) groups is 1. The van der Waals surface area contributed by atoms with E-state index in [2.05, 4.69) is 0 Å². The minimum absolute atomic E-state index is 0.137. The standard InChI is InChI=1S/C10H20N2O3S/c1-3-5-10(13)11-6-4-7-12(9-8-11)16(2,14)15/h3-9H2,1-2H3. The summed E-state index contributed by atoms with van der Waals surface area (Å²) in [4.78, 5) is 13.4. The fraction of sp³-hybridized carbons (Fsp3) is 0.900. The summed E-state index contributed by atoms with van der Waals surface area (Å²) in [5, 5.41) is 0. The highest BCUT2D eigenvalue weighted by Gasteiger charge is 2.23. The number of carbonyl (C=O) groups excluding carboxylic acids is 1. The van der Waals surface area contributed by atoms with Gasteiger partial charge >= 0.3 is 0 Å². The predicted octanol–water partition coefficient (Wildman–Crippen LogP) is 0.280. The first kappa shape index (κ1) is 13.4. The van der Waals surface area contributed by atoms with Crippen LogP contribution in [0.15, 0.2) is 0 Å². The molecule has 0 radical (unpaired) electrons. The van der Waals surface area contributed by atoms with Crippen LogP contribution in [0, 0.1) is 0 Å². The van der Waals surface area contributed by atoms with Gasteiger partial charge in [0.15, 0.2) is 0 Å². The van der Waals surface area contributed by atoms with E-state index in [9.17, 15) is 13.2 Å². The van der Waals surface area contributed by atoms with Crippen LogP contribution in [-0.2, 0) is 14.8 Å². The Hall–Kier alpha value is -0.620. The molecule has 0 unspecified atom stereocenters. The second kappa shape index (κ2) is 5.63. The summed E-state index contributed by atoms with van der Waals surface area (Å²) < 4.78 is 24.2. The zero-order valence-corrected chi connectivity index (χ0v) is 10.8. The Bertz CT molecular complexity index is 340. The average molecular weight is 248 g/mol. The lowest BCUT2D eigenvalue weighted by molar-refractivity contribution is -0.131. The number of rotatable bonds is 3. The highest BCUT2D eigenvalue weighted by atomic mass is 32.2. The molecule has 94 valence electrons. The number of sulfonamides is 1. The third kappa shape index (κ3) is 3.75. The molecular weight excluding hydrogens is 228 g/mol. The van der Waals surface area contributed by atoms with Crippen LogP contribution < -0.4 is 0 Å². The summed E-state index contributed by atoms with van der Waals surface area (Å²) in [5.74, 6) is 0.137. The van der Waals surface area contributed by atoms with E-state index >= 15 is 0 Å². The maximum atomic E-state index is 11.7. The van der Waals surface area contributed by atoms with Gasteiger partial charge in [-0.3, -0.25) is 4.79 Å². The second-order valence-corrected chi connectivity index (χ2v) is 6.13. The largest absolute Gasteiger partial charge is 0.341 e. The molecule has 16 heavy (non-hydrogen) atoms. The van der Waals surface area contributed by atoms with Gasteiger partial charge in [0.05, 0.1) is 6.26 Å². The zero-order valence-electron chi connectivity index (χ0n) is 9.98. The van der Waals surface area contributed by atoms with E-state index in [1.807, 2.05) is 6.92 Å². The van der Waals surface area contributed by atoms with Crippen molar-refractivity contribution in [2.24, 2.45) is 0 Å². The van der Waals surface area contributed by atoms with Gasteiger partial charge in [0.25, 0.3) is 0 Å². The van der Waals surface area contributed by atoms with Gasteiger partial charge in [-0.2, -0.15) is 0 Å². The maximum Gasteiger partial charge on any atom is 0.222 e. The monoisotopic (exact) mass is 248 g/mol. The summed E-state index contributed by atoms with van der Waals surface area (Å²) in [5.41, 5.74) is 0. The lowest BCUT2D eigenvalue weighted by atomic mass is 10.3. The third-order valence-corrected chi connectivity index (χ3v) is 4.04. The fourth-order valence-corrected chi connectivity index (χ4v) is 2.72. The van der Waals surface area contributed by atoms with Gasteiger partial charge in [0.2, 0.25) is 15.9 Å². The van der Waals surface area contributed by atoms with Crippen molar-refractivity contribution in [2.45, 2.75) is 26.2 Å². The summed E-state index contributed by atoms with van der Waals surface area (Å²) >= 11 is 0. The minimum atomic E-state index is -3.12. The predicted molar refractivity (Wildman–Crippen MR) is 62.5 cm³/mol. The summed E-state index contributed by atoms with van der Waals surface area (Å²) in [6.07, 6.45) is 3.34. The first-order valence-electron chi connectivity index (χ1n) is 5.68. The lowest BCUT2D eigenvalue weighted by Crippen LogP contribution is -2.36. The molecule has 1 heterocycles. The first-order chi connectivity index (χ1) is 7.45. The molecule has 6 heteroatoms. The van der Waals surface area contributed by atoms with Crippen molar-refractivity contribution in [3.8, 4) is 0 Å². The topological polar surface area (TPSA) is 57.7 Å². The van der Waals surface area contributed by atoms with Crippen LogP contribution in [0.5, 0.6) is 0 Å². The van der Waals surface area contributed by atoms with E-state index in [1.54, 1.807) is 4.90 Å². The molecule has 5 nitrogen and oxygen atoms in total. The van der Waals surface area contributed by atoms with Crippen molar-refractivity contribution in [1.82, 2.24) is 9.21 Å². The van der Waals surface area contributed by atoms with E-state index in [0.29, 0.717) is 32.6 Å². The number of nitrogens with zero attached hydrogens (tertiary/aromatic N) is 2. The van der Waals surface area contributed by atoms with Crippen LogP contribution in [0.2, 0.25) is 0 Å². The van der Waals surface area contributed by atoms with E-state index in [1.165, 1.54) is 10.6 Å². The van der Waals surface area contributed by atoms with E-state index < -0.39 is 10.0 Å². The SMILES string of the molecule is CCCC(=O)N1CCCN(S(C)(=O)=O)CC1. The number of hydrogen-bond donors (Lipinski definition) is 0. The molecule has 0 N–H and O–H groups in total. The Morgan fingerprint density at radius 3 is 2.44 bits per heavy atom. The summed E-state index contributed by atoms with van der Waals surface area (Å²) in [6.45, 7) is 4.11. The highest BCUT2D eigenvalue weighted by Crippen LogP contribution is 2.08. The summed E-state index contributed by atoms with van der Waals surface area (Å²) in [7, 11) is -3.12. The summed E-state index contributed by atoms with van der Waals surface area (Å²) in [6, 6.07) is 0. The molecule has 1 saturated heterocycles. The van der Waals surface area contributed by atoms with Crippen molar-refractivity contribution in [1.29, 1.82) is 0 Å². The lowest BCUT2D eigenvalue weighted by Gasteiger charge is -2.20. The Morgan fingerprint density at radius 2 is 1.88 bits per heavy atom. The van der Waals surface area contributed by atoms with E-state index in [4.69, 9.17) is 0 Å². The normalized spacial score (nSPS) is 19.5. The zero-order chi connectivity index (χ0) is 12.2. The van der Waals surface area contributed by atoms with Crippen LogP contribution in [0.4, 0.5) is 0 Å². The molecule has 0 spiro atoms. The van der Waals surface area contributed by atoms with Gasteiger partial charge < -0.3 is 4.90 Å². The van der Waals surface area contributed by atoms with Crippen molar-refractivity contribution in [2.75, 3.05) is 32.4 Å². The van der Waals surface area contributed by atoms with Gasteiger partial charge in [0.1, 0.15) is 0 Å². The van der Waals surface area contributed by atoms with E-state index in [0.717, 1.165) is 12.8 Å². The molecule has 1 fully saturated rings. The van der Waals surface area contributed by atoms with Crippen molar-refractivity contribution >= 4 is 15.9 Å². The fourth-order valence-electron chi connectivity index (χ4n) is 1.85. The smallest absolute Gasteiger partial charge is 0.222 e. The molecule has 1 rings (SSSR count). The molecular formula is C10H20N2O3S. The second-order valence-electron chi connectivity index (χ2n) is 4.15. The Morgan fingerprint density at radius 1 is 1.19 bits per heavy atom. The Kier molecular flexibility index (Phi) is 4.73. The maximum absolute atomic E-state index is 11.7. The first-order valence-corrected chi connectivity index (χ1v) is 7.53. The Balaban J connectivity index is 2.56. The minimum Gasteiger partial charge on any atom is -0.341 e. The molecule has 0 aromatic heterocycles. The molecule has 1 aliphatic heterocycles. The molecule has 0 atom stereocenters. The molecule has 1 aliphatic rings. The van der Waals surface area contributed by atoms with Crippen molar-refractivity contribution < 1.29 is 13.2 Å². The highest BCUT2D eigenvalue weighted by molar-refractivity contribution is 7.88. The van der Waals surface area contributed by atoms with Gasteiger partial charge in [-0.1, -0.05) is 6.92 Å². The molecule has 0 aromatic rings. The van der Waals surface area contributed by atoms with Crippen LogP contribution in [-0.4, -0.2) is 56.0 Å². The van der Waals surface area contributed by atoms with Gasteiger partial charge in [-0.25, -0.2) is 12.7 Å². The molecule has 0 aliphatic carbocycles. The molecule has 0 saturated carbocycles. The van der Waals surface area contributed by atoms with Crippen LogP contribution in [0.3, 0.4) is 0 Å². The number of hydrogen-bond acceptors (Lipinski definition) is 3. The Labute approximate surface area is 97.5 Å². The van der Waals surface area contributed by atoms with E-state index in [-0.39, 0.29) is 5.91 Å². The van der Waals surface area contributed by atoms with Crippen LogP contribution >= 0.6 is 0 Å². The van der Waals surface area contributed by atoms with Crippen molar-refractivity contribution in [3.05, 3.63) is 0 Å². The van der Waals surface area contributed by atoms with Gasteiger partial charge in [0, 0.05) is 32.6 Å². The van der Waals surface area contributed by atoms with Crippen LogP contribution in [0.1, 0.15) is 26.2 Å². The van der Waals surface area contributed by atoms with Crippen molar-refractivity contribution in [3.63, 3.8) is 0 Å². The van der Waals surface area contributed by atoms with Gasteiger partial charge in [-0.05, 0) is 12.8 Å². The molecule has 1 amide bonds. The third-order valence-electron chi connectivity index (χ3n) is 2.74. The van der Waals surface area contributed by atoms with Gasteiger partial charge in [-0.15, -0.1) is 0 Å². The molecule has 0 bridgehead atoms. The molecule has 0 aromatic carbocycles.